The molecule has 290 valence electrons. The van der Waals surface area contributed by atoms with Crippen LogP contribution in [0.15, 0.2) is 223 Å². The molecule has 0 N–H and O–H groups in total. The summed E-state index contributed by atoms with van der Waals surface area (Å²) in [7, 11) is 0. The molecule has 0 saturated carbocycles. The highest BCUT2D eigenvalue weighted by Gasteiger charge is 2.22. The number of thiophene rings is 1. The van der Waals surface area contributed by atoms with Gasteiger partial charge in [-0.05, 0) is 101 Å². The summed E-state index contributed by atoms with van der Waals surface area (Å²) in [6, 6.07) is 79.2. The van der Waals surface area contributed by atoms with Crippen LogP contribution in [0.1, 0.15) is 0 Å². The Morgan fingerprint density at radius 3 is 1.90 bits per heavy atom. The molecule has 0 fully saturated rings. The molecule has 10 aromatic carbocycles. The van der Waals surface area contributed by atoms with Gasteiger partial charge < -0.3 is 13.9 Å². The lowest BCUT2D eigenvalue weighted by molar-refractivity contribution is 0.673. The second-order valence-electron chi connectivity index (χ2n) is 16.0. The molecule has 0 spiro atoms. The van der Waals surface area contributed by atoms with Crippen LogP contribution in [-0.2, 0) is 0 Å². The number of para-hydroxylation sites is 3. The van der Waals surface area contributed by atoms with Crippen LogP contribution >= 0.6 is 11.3 Å². The van der Waals surface area contributed by atoms with Crippen molar-refractivity contribution in [2.24, 2.45) is 0 Å². The van der Waals surface area contributed by atoms with Gasteiger partial charge in [0.05, 0.1) is 16.7 Å². The quantitative estimate of drug-likeness (QED) is 0.167. The Balaban J connectivity index is 0.981. The Morgan fingerprint density at radius 1 is 0.403 bits per heavy atom. The Labute approximate surface area is 361 Å². The predicted molar refractivity (Wildman–Crippen MR) is 264 cm³/mol. The molecule has 0 bridgehead atoms. The van der Waals surface area contributed by atoms with E-state index in [1.165, 1.54) is 52.9 Å². The summed E-state index contributed by atoms with van der Waals surface area (Å²) in [5, 5.41) is 9.61. The van der Waals surface area contributed by atoms with E-state index in [9.17, 15) is 0 Å². The lowest BCUT2D eigenvalue weighted by atomic mass is 9.96. The lowest BCUT2D eigenvalue weighted by Crippen LogP contribution is -2.11. The van der Waals surface area contributed by atoms with Crippen LogP contribution in [0.4, 0.5) is 17.1 Å². The van der Waals surface area contributed by atoms with Gasteiger partial charge in [-0.3, -0.25) is 0 Å². The zero-order valence-corrected chi connectivity index (χ0v) is 34.3. The number of furan rings is 1. The molecule has 62 heavy (non-hydrogen) atoms. The first kappa shape index (κ1) is 34.9. The van der Waals surface area contributed by atoms with Gasteiger partial charge in [-0.25, -0.2) is 0 Å². The minimum atomic E-state index is 0.883. The predicted octanol–water partition coefficient (Wildman–Crippen LogP) is 17.0. The van der Waals surface area contributed by atoms with Crippen molar-refractivity contribution in [3.63, 3.8) is 0 Å². The summed E-state index contributed by atoms with van der Waals surface area (Å²) in [5.41, 5.74) is 13.2. The van der Waals surface area contributed by atoms with Gasteiger partial charge in [0.25, 0.3) is 0 Å². The average Bonchev–Trinajstić information content (AvgIpc) is 4.02. The highest BCUT2D eigenvalue weighted by atomic mass is 32.1. The highest BCUT2D eigenvalue weighted by Crippen LogP contribution is 2.47. The molecule has 0 aliphatic heterocycles. The van der Waals surface area contributed by atoms with Crippen LogP contribution in [0.5, 0.6) is 0 Å². The lowest BCUT2D eigenvalue weighted by Gasteiger charge is -2.28. The van der Waals surface area contributed by atoms with Gasteiger partial charge in [0.2, 0.25) is 0 Å². The van der Waals surface area contributed by atoms with E-state index in [0.717, 1.165) is 66.8 Å². The van der Waals surface area contributed by atoms with Crippen LogP contribution in [0.3, 0.4) is 0 Å². The summed E-state index contributed by atoms with van der Waals surface area (Å²) in [6.07, 6.45) is 0. The van der Waals surface area contributed by atoms with E-state index < -0.39 is 0 Å². The second kappa shape index (κ2) is 13.8. The fraction of sp³-hybridized carbons (Fsp3) is 0. The molecule has 0 amide bonds. The van der Waals surface area contributed by atoms with Crippen molar-refractivity contribution in [2.45, 2.75) is 0 Å². The second-order valence-corrected chi connectivity index (χ2v) is 17.1. The van der Waals surface area contributed by atoms with Crippen molar-refractivity contribution in [3.05, 3.63) is 218 Å². The minimum absolute atomic E-state index is 0.883. The number of aromatic nitrogens is 1. The zero-order chi connectivity index (χ0) is 40.7. The Hall–Kier alpha value is -7.92. The monoisotopic (exact) mass is 808 g/mol. The number of fused-ring (bicyclic) bond motifs is 11. The molecular weight excluding hydrogens is 773 g/mol. The third kappa shape index (κ3) is 5.37. The van der Waals surface area contributed by atoms with Crippen LogP contribution in [0.25, 0.3) is 103 Å². The fourth-order valence-corrected chi connectivity index (χ4v) is 10.9. The zero-order valence-electron chi connectivity index (χ0n) is 33.5. The summed E-state index contributed by atoms with van der Waals surface area (Å²) in [4.78, 5) is 2.43. The maximum atomic E-state index is 6.69. The Morgan fingerprint density at radius 2 is 1.06 bits per heavy atom. The van der Waals surface area contributed by atoms with Gasteiger partial charge >= 0.3 is 0 Å². The molecule has 13 aromatic rings. The normalized spacial score (nSPS) is 11.9. The average molecular weight is 809 g/mol. The molecule has 0 aliphatic carbocycles. The number of benzene rings is 10. The number of hydrogen-bond acceptors (Lipinski definition) is 3. The van der Waals surface area contributed by atoms with Gasteiger partial charge in [0, 0.05) is 69.7 Å². The van der Waals surface area contributed by atoms with Crippen molar-refractivity contribution < 1.29 is 4.42 Å². The van der Waals surface area contributed by atoms with E-state index in [1.807, 2.05) is 11.3 Å². The summed E-state index contributed by atoms with van der Waals surface area (Å²) in [5.74, 6) is 0. The molecule has 0 saturated heterocycles. The third-order valence-corrected chi connectivity index (χ3v) is 13.7. The highest BCUT2D eigenvalue weighted by molar-refractivity contribution is 7.25. The van der Waals surface area contributed by atoms with Crippen molar-refractivity contribution in [3.8, 4) is 27.9 Å². The van der Waals surface area contributed by atoms with Gasteiger partial charge in [0.1, 0.15) is 11.2 Å². The van der Waals surface area contributed by atoms with E-state index in [-0.39, 0.29) is 0 Å². The van der Waals surface area contributed by atoms with Crippen molar-refractivity contribution in [1.82, 2.24) is 4.57 Å². The third-order valence-electron chi connectivity index (χ3n) is 12.6. The van der Waals surface area contributed by atoms with Crippen LogP contribution in [0, 0.1) is 0 Å². The minimum Gasteiger partial charge on any atom is -0.455 e. The van der Waals surface area contributed by atoms with Gasteiger partial charge in [0.15, 0.2) is 0 Å². The SMILES string of the molecule is c1cc(-c2ccc(N(c3ccc4sc5ccccc5c4c3)c3ccccc3-c3cccc4oc5c6ccccc6ccc5c34)cc2)cc(-n2c3ccccc3c3ccccc32)c1. The molecule has 0 atom stereocenters. The van der Waals surface area contributed by atoms with E-state index in [4.69, 9.17) is 4.42 Å². The fourth-order valence-electron chi connectivity index (χ4n) is 9.78. The first-order chi connectivity index (χ1) is 30.7. The molecule has 13 rings (SSSR count). The smallest absolute Gasteiger partial charge is 0.143 e. The van der Waals surface area contributed by atoms with Crippen LogP contribution in [0.2, 0.25) is 0 Å². The van der Waals surface area contributed by atoms with E-state index >= 15 is 0 Å². The Kier molecular flexibility index (Phi) is 7.78. The van der Waals surface area contributed by atoms with Gasteiger partial charge in [-0.2, -0.15) is 0 Å². The van der Waals surface area contributed by atoms with Crippen LogP contribution < -0.4 is 4.90 Å². The van der Waals surface area contributed by atoms with Gasteiger partial charge in [-0.1, -0.05) is 140 Å². The molecule has 0 radical (unpaired) electrons. The standard InChI is InChI=1S/C58H36N2OS/c1-2-16-43-38(13-1)29-33-49-57-48(21-12-25-54(57)61-58(43)49)46-19-5-7-22-51(46)59(42-32-34-56-50(36-42)47-20-6-10-26-55(47)62-56)40-30-27-37(28-31-40)39-14-11-15-41(35-39)60-52-23-8-3-17-44(52)45-18-4-9-24-53(45)60/h1-36H. The summed E-state index contributed by atoms with van der Waals surface area (Å²) < 4.78 is 11.7. The molecular formula is C58H36N2OS. The number of rotatable bonds is 6. The topological polar surface area (TPSA) is 21.3 Å². The number of hydrogen-bond donors (Lipinski definition) is 0. The first-order valence-electron chi connectivity index (χ1n) is 21.1. The Bertz CT molecular complexity index is 3830. The molecule has 0 unspecified atom stereocenters. The van der Waals surface area contributed by atoms with Crippen LogP contribution in [-0.4, -0.2) is 4.57 Å². The maximum absolute atomic E-state index is 6.69. The molecule has 3 aromatic heterocycles. The van der Waals surface area contributed by atoms with Crippen molar-refractivity contribution in [1.29, 1.82) is 0 Å². The number of anilines is 3. The van der Waals surface area contributed by atoms with Crippen molar-refractivity contribution in [2.75, 3.05) is 4.90 Å². The largest absolute Gasteiger partial charge is 0.455 e. The summed E-state index contributed by atoms with van der Waals surface area (Å²) in [6.45, 7) is 0. The molecule has 0 aliphatic rings. The molecule has 3 nitrogen and oxygen atoms in total. The van der Waals surface area contributed by atoms with Crippen molar-refractivity contribution >= 4 is 103 Å². The van der Waals surface area contributed by atoms with E-state index in [2.05, 4.69) is 228 Å². The molecule has 4 heteroatoms. The number of nitrogens with zero attached hydrogens (tertiary/aromatic N) is 2. The van der Waals surface area contributed by atoms with Gasteiger partial charge in [-0.15, -0.1) is 11.3 Å². The first-order valence-corrected chi connectivity index (χ1v) is 21.9. The summed E-state index contributed by atoms with van der Waals surface area (Å²) >= 11 is 1.85. The maximum Gasteiger partial charge on any atom is 0.143 e. The van der Waals surface area contributed by atoms with E-state index in [0.29, 0.717) is 0 Å². The molecule has 3 heterocycles. The van der Waals surface area contributed by atoms with E-state index in [1.54, 1.807) is 0 Å².